The second-order valence-corrected chi connectivity index (χ2v) is 8.26. The van der Waals surface area contributed by atoms with Crippen LogP contribution in [0.5, 0.6) is 0 Å². The number of hydrogen-bond acceptors (Lipinski definition) is 5. The van der Waals surface area contributed by atoms with Crippen molar-refractivity contribution >= 4 is 21.8 Å². The van der Waals surface area contributed by atoms with Crippen molar-refractivity contribution in [1.82, 2.24) is 10.6 Å². The lowest BCUT2D eigenvalue weighted by atomic mass is 9.95. The van der Waals surface area contributed by atoms with Gasteiger partial charge in [0.25, 0.3) is 0 Å². The molecule has 3 rings (SSSR count). The maximum atomic E-state index is 13.7. The fourth-order valence-electron chi connectivity index (χ4n) is 3.02. The van der Waals surface area contributed by atoms with Gasteiger partial charge < -0.3 is 15.4 Å². The molecule has 0 spiro atoms. The number of ether oxygens (including phenoxy) is 1. The maximum Gasteiger partial charge on any atom is 0.338 e. The van der Waals surface area contributed by atoms with Crippen molar-refractivity contribution < 1.29 is 27.1 Å². The summed E-state index contributed by atoms with van der Waals surface area (Å²) in [6.45, 7) is 1.65. The van der Waals surface area contributed by atoms with Gasteiger partial charge in [0, 0.05) is 5.70 Å². The summed E-state index contributed by atoms with van der Waals surface area (Å²) >= 11 is 0. The van der Waals surface area contributed by atoms with Crippen LogP contribution in [0.4, 0.5) is 9.18 Å². The third-order valence-corrected chi connectivity index (χ3v) is 5.93. The summed E-state index contributed by atoms with van der Waals surface area (Å²) in [6, 6.07) is 11.3. The molecule has 1 heterocycles. The second-order valence-electron chi connectivity index (χ2n) is 6.27. The first kappa shape index (κ1) is 20.5. The van der Waals surface area contributed by atoms with Gasteiger partial charge in [0.2, 0.25) is 0 Å². The highest BCUT2D eigenvalue weighted by atomic mass is 32.2. The first-order valence-electron chi connectivity index (χ1n) is 8.82. The second kappa shape index (κ2) is 8.44. The van der Waals surface area contributed by atoms with E-state index in [4.69, 9.17) is 4.74 Å². The molecule has 0 bridgehead atoms. The van der Waals surface area contributed by atoms with Crippen LogP contribution in [0.25, 0.3) is 0 Å². The minimum atomic E-state index is -3.86. The topological polar surface area (TPSA) is 102 Å². The first-order valence-corrected chi connectivity index (χ1v) is 10.5. The molecule has 0 aliphatic carbocycles. The summed E-state index contributed by atoms with van der Waals surface area (Å²) in [5, 5.41) is 4.94. The number of carbonyl (C=O) groups is 2. The number of amides is 2. The molecule has 7 nitrogen and oxygen atoms in total. The van der Waals surface area contributed by atoms with E-state index in [1.165, 1.54) is 36.4 Å². The summed E-state index contributed by atoms with van der Waals surface area (Å²) in [5.41, 5.74) is 0.0967. The Morgan fingerprint density at radius 3 is 2.52 bits per heavy atom. The highest BCUT2D eigenvalue weighted by Crippen LogP contribution is 2.29. The van der Waals surface area contributed by atoms with E-state index in [0.29, 0.717) is 0 Å². The third kappa shape index (κ3) is 4.62. The quantitative estimate of drug-likeness (QED) is 0.702. The highest BCUT2D eigenvalue weighted by Gasteiger charge is 2.35. The normalized spacial score (nSPS) is 16.8. The number of nitrogens with one attached hydrogen (secondary N) is 2. The van der Waals surface area contributed by atoms with E-state index in [0.717, 1.165) is 0 Å². The number of carbonyl (C=O) groups excluding carboxylic acids is 2. The largest absolute Gasteiger partial charge is 0.463 e. The molecule has 1 aliphatic rings. The van der Waals surface area contributed by atoms with Gasteiger partial charge in [-0.05, 0) is 36.8 Å². The van der Waals surface area contributed by atoms with Crippen LogP contribution in [-0.4, -0.2) is 32.8 Å². The number of benzene rings is 2. The monoisotopic (exact) mass is 418 g/mol. The van der Waals surface area contributed by atoms with Gasteiger partial charge in [-0.15, -0.1) is 0 Å². The molecule has 0 aromatic heterocycles. The van der Waals surface area contributed by atoms with Crippen LogP contribution in [0.15, 0.2) is 70.8 Å². The molecule has 2 aromatic carbocycles. The van der Waals surface area contributed by atoms with Crippen LogP contribution >= 0.6 is 0 Å². The predicted octanol–water partition coefficient (Wildman–Crippen LogP) is 2.47. The van der Waals surface area contributed by atoms with Gasteiger partial charge in [0.05, 0.1) is 28.9 Å². The summed E-state index contributed by atoms with van der Waals surface area (Å²) in [6.07, 6.45) is 0. The smallest absolute Gasteiger partial charge is 0.338 e. The van der Waals surface area contributed by atoms with Gasteiger partial charge in [0.15, 0.2) is 9.84 Å². The Hall–Kier alpha value is -3.20. The zero-order valence-corrected chi connectivity index (χ0v) is 16.3. The van der Waals surface area contributed by atoms with E-state index in [1.54, 1.807) is 25.1 Å². The van der Waals surface area contributed by atoms with Gasteiger partial charge in [-0.1, -0.05) is 30.3 Å². The van der Waals surface area contributed by atoms with Crippen molar-refractivity contribution in [1.29, 1.82) is 0 Å². The van der Waals surface area contributed by atoms with Crippen molar-refractivity contribution in [3.05, 3.63) is 77.2 Å². The van der Waals surface area contributed by atoms with Gasteiger partial charge in [-0.3, -0.25) is 0 Å². The maximum absolute atomic E-state index is 13.7. The molecule has 2 amide bonds. The molecule has 29 heavy (non-hydrogen) atoms. The Morgan fingerprint density at radius 1 is 1.14 bits per heavy atom. The average molecular weight is 418 g/mol. The van der Waals surface area contributed by atoms with Gasteiger partial charge in [0.1, 0.15) is 5.82 Å². The third-order valence-electron chi connectivity index (χ3n) is 4.27. The average Bonchev–Trinajstić information content (AvgIpc) is 2.68. The van der Waals surface area contributed by atoms with Crippen LogP contribution in [0.1, 0.15) is 18.5 Å². The Kier molecular flexibility index (Phi) is 5.97. The Morgan fingerprint density at radius 2 is 1.86 bits per heavy atom. The fraction of sp³-hybridized carbons (Fsp3) is 0.200. The lowest BCUT2D eigenvalue weighted by Crippen LogP contribution is -2.47. The SMILES string of the molecule is CCOC(=O)C1=C(CS(=O)(=O)c2ccccc2)NC(=O)N[C@@H]1c1cccc(F)c1. The molecular weight excluding hydrogens is 399 g/mol. The van der Waals surface area contributed by atoms with Gasteiger partial charge >= 0.3 is 12.0 Å². The van der Waals surface area contributed by atoms with Crippen molar-refractivity contribution in [3.63, 3.8) is 0 Å². The van der Waals surface area contributed by atoms with Gasteiger partial charge in [-0.25, -0.2) is 22.4 Å². The molecule has 0 saturated heterocycles. The van der Waals surface area contributed by atoms with Crippen molar-refractivity contribution in [2.24, 2.45) is 0 Å². The molecule has 152 valence electrons. The van der Waals surface area contributed by atoms with Crippen molar-refractivity contribution in [3.8, 4) is 0 Å². The van der Waals surface area contributed by atoms with E-state index in [1.807, 2.05) is 0 Å². The van der Waals surface area contributed by atoms with E-state index in [2.05, 4.69) is 10.6 Å². The minimum absolute atomic E-state index is 0.0465. The molecule has 0 radical (unpaired) electrons. The molecule has 1 atom stereocenters. The Balaban J connectivity index is 2.11. The summed E-state index contributed by atoms with van der Waals surface area (Å²) < 4.78 is 44.4. The molecule has 1 aliphatic heterocycles. The summed E-state index contributed by atoms with van der Waals surface area (Å²) in [5.74, 6) is -1.98. The first-order chi connectivity index (χ1) is 13.8. The van der Waals surface area contributed by atoms with Crippen LogP contribution < -0.4 is 10.6 Å². The van der Waals surface area contributed by atoms with E-state index >= 15 is 0 Å². The Labute approximate surface area is 167 Å². The van der Waals surface area contributed by atoms with Crippen LogP contribution in [0.3, 0.4) is 0 Å². The van der Waals surface area contributed by atoms with E-state index in [-0.39, 0.29) is 28.3 Å². The summed E-state index contributed by atoms with van der Waals surface area (Å²) in [7, 11) is -3.86. The van der Waals surface area contributed by atoms with Crippen molar-refractivity contribution in [2.75, 3.05) is 12.4 Å². The van der Waals surface area contributed by atoms with E-state index in [9.17, 15) is 22.4 Å². The lowest BCUT2D eigenvalue weighted by molar-refractivity contribution is -0.139. The number of rotatable bonds is 6. The number of urea groups is 1. The highest BCUT2D eigenvalue weighted by molar-refractivity contribution is 7.91. The zero-order chi connectivity index (χ0) is 21.0. The van der Waals surface area contributed by atoms with Crippen molar-refractivity contribution in [2.45, 2.75) is 17.9 Å². The van der Waals surface area contributed by atoms with Gasteiger partial charge in [-0.2, -0.15) is 0 Å². The molecular formula is C20H19FN2O5S. The molecule has 0 saturated carbocycles. The molecule has 2 N–H and O–H groups in total. The van der Waals surface area contributed by atoms with Crippen LogP contribution in [0, 0.1) is 5.82 Å². The van der Waals surface area contributed by atoms with Crippen LogP contribution in [-0.2, 0) is 19.4 Å². The molecule has 0 fully saturated rings. The number of esters is 1. The summed E-state index contributed by atoms with van der Waals surface area (Å²) in [4.78, 5) is 24.9. The Bertz CT molecular complexity index is 1070. The molecule has 2 aromatic rings. The molecule has 0 unspecified atom stereocenters. The van der Waals surface area contributed by atoms with E-state index < -0.39 is 39.4 Å². The predicted molar refractivity (Wildman–Crippen MR) is 103 cm³/mol. The molecule has 9 heteroatoms. The minimum Gasteiger partial charge on any atom is -0.463 e. The standard InChI is InChI=1S/C20H19FN2O5S/c1-2-28-19(24)17-16(12-29(26,27)15-9-4-3-5-10-15)22-20(25)23-18(17)13-7-6-8-14(21)11-13/h3-11,18H,2,12H2,1H3,(H2,22,23,25)/t18-/m1/s1. The number of sulfone groups is 1. The number of hydrogen-bond donors (Lipinski definition) is 2. The number of halogens is 1. The van der Waals surface area contributed by atoms with Crippen LogP contribution in [0.2, 0.25) is 0 Å². The fourth-order valence-corrected chi connectivity index (χ4v) is 4.37. The zero-order valence-electron chi connectivity index (χ0n) is 15.5. The lowest BCUT2D eigenvalue weighted by Gasteiger charge is -2.29.